The van der Waals surface area contributed by atoms with E-state index < -0.39 is 5.82 Å². The van der Waals surface area contributed by atoms with Gasteiger partial charge in [0.1, 0.15) is 18.0 Å². The summed E-state index contributed by atoms with van der Waals surface area (Å²) in [6.45, 7) is 0.745. The number of aromatic nitrogens is 1. The third-order valence-corrected chi connectivity index (χ3v) is 4.55. The summed E-state index contributed by atoms with van der Waals surface area (Å²) < 4.78 is 19.7. The molecule has 1 aromatic carbocycles. The summed E-state index contributed by atoms with van der Waals surface area (Å²) in [6, 6.07) is 8.58. The average Bonchev–Trinajstić information content (AvgIpc) is 2.60. The van der Waals surface area contributed by atoms with Gasteiger partial charge < -0.3 is 9.64 Å². The van der Waals surface area contributed by atoms with Crippen LogP contribution in [0.5, 0.6) is 5.75 Å². The lowest BCUT2D eigenvalue weighted by Gasteiger charge is -2.33. The molecule has 1 aromatic heterocycles. The van der Waals surface area contributed by atoms with Gasteiger partial charge in [-0.3, -0.25) is 9.78 Å². The molecule has 5 heteroatoms. The molecular formula is C18H17FN2O2. The van der Waals surface area contributed by atoms with Crippen molar-refractivity contribution in [2.24, 2.45) is 0 Å². The van der Waals surface area contributed by atoms with E-state index >= 15 is 0 Å². The van der Waals surface area contributed by atoms with Gasteiger partial charge in [0.05, 0.1) is 18.2 Å². The number of amides is 1. The summed E-state index contributed by atoms with van der Waals surface area (Å²) in [7, 11) is 0. The average molecular weight is 312 g/mol. The third kappa shape index (κ3) is 2.36. The first-order valence-electron chi connectivity index (χ1n) is 7.92. The highest BCUT2D eigenvalue weighted by Crippen LogP contribution is 2.38. The van der Waals surface area contributed by atoms with E-state index in [-0.39, 0.29) is 17.5 Å². The molecule has 1 aliphatic heterocycles. The number of ether oxygens (including phenoxy) is 1. The Morgan fingerprint density at radius 3 is 3.13 bits per heavy atom. The lowest BCUT2D eigenvalue weighted by Crippen LogP contribution is -2.42. The number of benzene rings is 1. The molecule has 4 nitrogen and oxygen atoms in total. The molecule has 1 unspecified atom stereocenters. The number of carbonyl (C=O) groups excluding carboxylic acids is 1. The molecular weight excluding hydrogens is 295 g/mol. The maximum atomic E-state index is 14.3. The number of para-hydroxylation sites is 1. The number of rotatable bonds is 1. The van der Waals surface area contributed by atoms with E-state index in [1.165, 1.54) is 11.0 Å². The first-order valence-corrected chi connectivity index (χ1v) is 7.92. The summed E-state index contributed by atoms with van der Waals surface area (Å²) in [5, 5.41) is 0. The van der Waals surface area contributed by atoms with Gasteiger partial charge in [0.25, 0.3) is 0 Å². The fraction of sp³-hybridized carbons (Fsp3) is 0.333. The van der Waals surface area contributed by atoms with Crippen molar-refractivity contribution < 1.29 is 13.9 Å². The fourth-order valence-corrected chi connectivity index (χ4v) is 3.49. The molecule has 2 heterocycles. The Morgan fingerprint density at radius 2 is 2.22 bits per heavy atom. The normalized spacial score (nSPS) is 19.5. The first kappa shape index (κ1) is 14.2. The number of hydrogen-bond donors (Lipinski definition) is 0. The van der Waals surface area contributed by atoms with Crippen LogP contribution in [0.15, 0.2) is 36.5 Å². The predicted octanol–water partition coefficient (Wildman–Crippen LogP) is 3.07. The van der Waals surface area contributed by atoms with E-state index in [0.29, 0.717) is 18.9 Å². The van der Waals surface area contributed by atoms with E-state index in [2.05, 4.69) is 4.98 Å². The van der Waals surface area contributed by atoms with E-state index in [1.54, 1.807) is 18.3 Å². The van der Waals surface area contributed by atoms with Crippen LogP contribution < -0.4 is 9.64 Å². The zero-order chi connectivity index (χ0) is 15.8. The molecule has 0 spiro atoms. The van der Waals surface area contributed by atoms with Gasteiger partial charge in [-0.05, 0) is 43.0 Å². The van der Waals surface area contributed by atoms with Crippen LogP contribution in [-0.2, 0) is 11.2 Å². The standard InChI is InChI=1S/C18H17FN2O2/c19-14-7-2-8-15-17(14)21(10-11-23-15)18(22)13-6-1-4-12-5-3-9-20-16(12)13/h2-3,5,7-9,13H,1,4,6,10-11H2. The number of pyridine rings is 1. The van der Waals surface area contributed by atoms with Gasteiger partial charge in [-0.25, -0.2) is 4.39 Å². The summed E-state index contributed by atoms with van der Waals surface area (Å²) in [6.07, 6.45) is 4.37. The van der Waals surface area contributed by atoms with Crippen molar-refractivity contribution in [3.05, 3.63) is 53.6 Å². The molecule has 0 radical (unpaired) electrons. The summed E-state index contributed by atoms with van der Waals surface area (Å²) in [5.74, 6) is -0.376. The summed E-state index contributed by atoms with van der Waals surface area (Å²) in [5.41, 5.74) is 2.22. The van der Waals surface area contributed by atoms with Crippen LogP contribution >= 0.6 is 0 Å². The van der Waals surface area contributed by atoms with Crippen LogP contribution in [0.25, 0.3) is 0 Å². The monoisotopic (exact) mass is 312 g/mol. The van der Waals surface area contributed by atoms with Gasteiger partial charge in [0, 0.05) is 6.20 Å². The Hall–Kier alpha value is -2.43. The Labute approximate surface area is 133 Å². The Bertz CT molecular complexity index is 762. The number of halogens is 1. The van der Waals surface area contributed by atoms with Crippen molar-refractivity contribution in [2.45, 2.75) is 25.2 Å². The van der Waals surface area contributed by atoms with Crippen molar-refractivity contribution >= 4 is 11.6 Å². The highest BCUT2D eigenvalue weighted by Gasteiger charge is 2.35. The second kappa shape index (κ2) is 5.65. The molecule has 0 saturated carbocycles. The maximum Gasteiger partial charge on any atom is 0.236 e. The van der Waals surface area contributed by atoms with Crippen LogP contribution in [0.3, 0.4) is 0 Å². The second-order valence-corrected chi connectivity index (χ2v) is 5.92. The van der Waals surface area contributed by atoms with Gasteiger partial charge >= 0.3 is 0 Å². The Balaban J connectivity index is 1.72. The maximum absolute atomic E-state index is 14.3. The van der Waals surface area contributed by atoms with Gasteiger partial charge in [-0.1, -0.05) is 12.1 Å². The molecule has 1 atom stereocenters. The van der Waals surface area contributed by atoms with Crippen LogP contribution in [-0.4, -0.2) is 24.0 Å². The highest BCUT2D eigenvalue weighted by atomic mass is 19.1. The smallest absolute Gasteiger partial charge is 0.236 e. The molecule has 0 fully saturated rings. The second-order valence-electron chi connectivity index (χ2n) is 5.92. The number of aryl methyl sites for hydroxylation is 1. The van der Waals surface area contributed by atoms with Crippen molar-refractivity contribution in [1.82, 2.24) is 4.98 Å². The fourth-order valence-electron chi connectivity index (χ4n) is 3.49. The van der Waals surface area contributed by atoms with Gasteiger partial charge in [-0.2, -0.15) is 0 Å². The quantitative estimate of drug-likeness (QED) is 0.813. The van der Waals surface area contributed by atoms with Crippen LogP contribution in [0.1, 0.15) is 30.0 Å². The van der Waals surface area contributed by atoms with E-state index in [9.17, 15) is 9.18 Å². The minimum atomic E-state index is -0.424. The van der Waals surface area contributed by atoms with Crippen LogP contribution in [0.4, 0.5) is 10.1 Å². The van der Waals surface area contributed by atoms with E-state index in [1.807, 2.05) is 12.1 Å². The summed E-state index contributed by atoms with van der Waals surface area (Å²) in [4.78, 5) is 19.0. The lowest BCUT2D eigenvalue weighted by atomic mass is 9.85. The minimum absolute atomic E-state index is 0.0840. The molecule has 0 N–H and O–H groups in total. The molecule has 0 bridgehead atoms. The Morgan fingerprint density at radius 1 is 1.30 bits per heavy atom. The highest BCUT2D eigenvalue weighted by molar-refractivity contribution is 5.99. The molecule has 2 aliphatic rings. The van der Waals surface area contributed by atoms with Crippen molar-refractivity contribution in [3.8, 4) is 5.75 Å². The molecule has 0 saturated heterocycles. The van der Waals surface area contributed by atoms with Crippen molar-refractivity contribution in [2.75, 3.05) is 18.1 Å². The third-order valence-electron chi connectivity index (χ3n) is 4.55. The molecule has 23 heavy (non-hydrogen) atoms. The van der Waals surface area contributed by atoms with Crippen LogP contribution in [0, 0.1) is 5.82 Å². The first-order chi connectivity index (χ1) is 11.3. The van der Waals surface area contributed by atoms with Crippen molar-refractivity contribution in [3.63, 3.8) is 0 Å². The number of nitrogens with zero attached hydrogens (tertiary/aromatic N) is 2. The minimum Gasteiger partial charge on any atom is -0.489 e. The Kier molecular flexibility index (Phi) is 3.48. The van der Waals surface area contributed by atoms with Gasteiger partial charge in [0.15, 0.2) is 5.82 Å². The van der Waals surface area contributed by atoms with Crippen LogP contribution in [0.2, 0.25) is 0 Å². The van der Waals surface area contributed by atoms with E-state index in [0.717, 1.165) is 30.5 Å². The number of carbonyl (C=O) groups is 1. The predicted molar refractivity (Wildman–Crippen MR) is 84.2 cm³/mol. The number of fused-ring (bicyclic) bond motifs is 2. The molecule has 118 valence electrons. The number of anilines is 1. The van der Waals surface area contributed by atoms with Gasteiger partial charge in [-0.15, -0.1) is 0 Å². The zero-order valence-corrected chi connectivity index (χ0v) is 12.7. The largest absolute Gasteiger partial charge is 0.489 e. The summed E-state index contributed by atoms with van der Waals surface area (Å²) >= 11 is 0. The zero-order valence-electron chi connectivity index (χ0n) is 12.7. The van der Waals surface area contributed by atoms with Crippen molar-refractivity contribution in [1.29, 1.82) is 0 Å². The molecule has 2 aromatic rings. The molecule has 1 amide bonds. The number of hydrogen-bond acceptors (Lipinski definition) is 3. The molecule has 1 aliphatic carbocycles. The van der Waals surface area contributed by atoms with Gasteiger partial charge in [0.2, 0.25) is 5.91 Å². The lowest BCUT2D eigenvalue weighted by molar-refractivity contribution is -0.120. The SMILES string of the molecule is O=C(C1CCCc2cccnc21)N1CCOc2cccc(F)c21. The van der Waals surface area contributed by atoms with E-state index in [4.69, 9.17) is 4.74 Å². The topological polar surface area (TPSA) is 42.4 Å². The molecule has 4 rings (SSSR count).